The van der Waals surface area contributed by atoms with Gasteiger partial charge in [0.05, 0.1) is 23.7 Å². The summed E-state index contributed by atoms with van der Waals surface area (Å²) < 4.78 is 7.34. The van der Waals surface area contributed by atoms with Gasteiger partial charge in [-0.15, -0.1) is 0 Å². The van der Waals surface area contributed by atoms with Gasteiger partial charge in [0.1, 0.15) is 5.82 Å². The van der Waals surface area contributed by atoms with E-state index in [-0.39, 0.29) is 11.9 Å². The molecule has 0 aliphatic heterocycles. The Balaban J connectivity index is 2.11. The van der Waals surface area contributed by atoms with Crippen molar-refractivity contribution in [2.75, 3.05) is 13.2 Å². The minimum Gasteiger partial charge on any atom is -0.381 e. The van der Waals surface area contributed by atoms with E-state index in [1.807, 2.05) is 32.0 Å². The Bertz CT molecular complexity index is 607. The van der Waals surface area contributed by atoms with Gasteiger partial charge < -0.3 is 14.6 Å². The van der Waals surface area contributed by atoms with E-state index in [9.17, 15) is 4.79 Å². The zero-order valence-electron chi connectivity index (χ0n) is 12.9. The molecule has 0 spiro atoms. The zero-order valence-corrected chi connectivity index (χ0v) is 12.9. The summed E-state index contributed by atoms with van der Waals surface area (Å²) in [6.07, 6.45) is 0.379. The summed E-state index contributed by atoms with van der Waals surface area (Å²) in [5.41, 5.74) is 2.06. The van der Waals surface area contributed by atoms with E-state index in [2.05, 4.69) is 27.9 Å². The van der Waals surface area contributed by atoms with Crippen molar-refractivity contribution in [1.82, 2.24) is 14.9 Å². The lowest BCUT2D eigenvalue weighted by Gasteiger charge is -2.15. The Kier molecular flexibility index (Phi) is 5.33. The standard InChI is InChI=1S/C16H23N3O2/c1-4-19-14-9-7-6-8-13(14)18-16(19)12(3)17-15(20)10-11-21-5-2/h6-9,12H,4-5,10-11H2,1-3H3,(H,17,20). The van der Waals surface area contributed by atoms with Crippen molar-refractivity contribution in [1.29, 1.82) is 0 Å². The summed E-state index contributed by atoms with van der Waals surface area (Å²) in [4.78, 5) is 16.5. The van der Waals surface area contributed by atoms with Crippen molar-refractivity contribution >= 4 is 16.9 Å². The summed E-state index contributed by atoms with van der Waals surface area (Å²) in [6.45, 7) is 7.89. The molecule has 1 amide bonds. The monoisotopic (exact) mass is 289 g/mol. The van der Waals surface area contributed by atoms with Crippen molar-refractivity contribution in [2.45, 2.75) is 39.8 Å². The zero-order chi connectivity index (χ0) is 15.2. The molecule has 0 bridgehead atoms. The molecule has 1 atom stereocenters. The first kappa shape index (κ1) is 15.5. The number of ether oxygens (including phenoxy) is 1. The first-order chi connectivity index (χ1) is 10.2. The Labute approximate surface area is 125 Å². The third-order valence-corrected chi connectivity index (χ3v) is 3.44. The maximum absolute atomic E-state index is 11.9. The number of fused-ring (bicyclic) bond motifs is 1. The van der Waals surface area contributed by atoms with Crippen LogP contribution in [0.5, 0.6) is 0 Å². The van der Waals surface area contributed by atoms with Crippen LogP contribution in [0.3, 0.4) is 0 Å². The first-order valence-corrected chi connectivity index (χ1v) is 7.49. The molecule has 5 heteroatoms. The molecule has 5 nitrogen and oxygen atoms in total. The van der Waals surface area contributed by atoms with Gasteiger partial charge in [0, 0.05) is 19.6 Å². The molecule has 0 aliphatic carbocycles. The average molecular weight is 289 g/mol. The third kappa shape index (κ3) is 3.61. The molecule has 0 saturated heterocycles. The Morgan fingerprint density at radius 3 is 2.86 bits per heavy atom. The lowest BCUT2D eigenvalue weighted by atomic mass is 10.3. The predicted molar refractivity (Wildman–Crippen MR) is 83.1 cm³/mol. The third-order valence-electron chi connectivity index (χ3n) is 3.44. The molecule has 2 aromatic rings. The fourth-order valence-electron chi connectivity index (χ4n) is 2.44. The lowest BCUT2D eigenvalue weighted by Crippen LogP contribution is -2.29. The van der Waals surface area contributed by atoms with Crippen LogP contribution in [0.25, 0.3) is 11.0 Å². The van der Waals surface area contributed by atoms with Gasteiger partial charge in [0.25, 0.3) is 0 Å². The SMILES string of the molecule is CCOCCC(=O)NC(C)c1nc2ccccc2n1CC. The van der Waals surface area contributed by atoms with Gasteiger partial charge >= 0.3 is 0 Å². The van der Waals surface area contributed by atoms with Crippen LogP contribution in [0, 0.1) is 0 Å². The fraction of sp³-hybridized carbons (Fsp3) is 0.500. The Morgan fingerprint density at radius 1 is 1.38 bits per heavy atom. The average Bonchev–Trinajstić information content (AvgIpc) is 2.86. The van der Waals surface area contributed by atoms with Crippen molar-refractivity contribution in [3.05, 3.63) is 30.1 Å². The number of rotatable bonds is 7. The highest BCUT2D eigenvalue weighted by atomic mass is 16.5. The van der Waals surface area contributed by atoms with Crippen molar-refractivity contribution in [2.24, 2.45) is 0 Å². The van der Waals surface area contributed by atoms with E-state index < -0.39 is 0 Å². The van der Waals surface area contributed by atoms with Crippen LogP contribution >= 0.6 is 0 Å². The fourth-order valence-corrected chi connectivity index (χ4v) is 2.44. The molecule has 1 aromatic carbocycles. The van der Waals surface area contributed by atoms with E-state index >= 15 is 0 Å². The Morgan fingerprint density at radius 2 is 2.14 bits per heavy atom. The largest absolute Gasteiger partial charge is 0.381 e. The Hall–Kier alpha value is -1.88. The second kappa shape index (κ2) is 7.22. The van der Waals surface area contributed by atoms with E-state index in [1.165, 1.54) is 0 Å². The smallest absolute Gasteiger partial charge is 0.222 e. The van der Waals surface area contributed by atoms with Crippen LogP contribution in [0.4, 0.5) is 0 Å². The van der Waals surface area contributed by atoms with E-state index in [0.29, 0.717) is 19.6 Å². The predicted octanol–water partition coefficient (Wildman–Crippen LogP) is 2.66. The van der Waals surface area contributed by atoms with Crippen molar-refractivity contribution in [3.8, 4) is 0 Å². The summed E-state index contributed by atoms with van der Waals surface area (Å²) in [5.74, 6) is 0.883. The van der Waals surface area contributed by atoms with Gasteiger partial charge in [-0.2, -0.15) is 0 Å². The minimum atomic E-state index is -0.119. The number of hydrogen-bond acceptors (Lipinski definition) is 3. The minimum absolute atomic E-state index is 0.00865. The van der Waals surface area contributed by atoms with Crippen LogP contribution < -0.4 is 5.32 Å². The number of aromatic nitrogens is 2. The number of aryl methyl sites for hydroxylation is 1. The number of imidazole rings is 1. The second-order valence-electron chi connectivity index (χ2n) is 4.94. The van der Waals surface area contributed by atoms with Crippen molar-refractivity contribution < 1.29 is 9.53 Å². The lowest BCUT2D eigenvalue weighted by molar-refractivity contribution is -0.122. The normalized spacial score (nSPS) is 12.5. The van der Waals surface area contributed by atoms with Gasteiger partial charge in [-0.05, 0) is 32.9 Å². The van der Waals surface area contributed by atoms with Crippen molar-refractivity contribution in [3.63, 3.8) is 0 Å². The van der Waals surface area contributed by atoms with Gasteiger partial charge in [-0.1, -0.05) is 12.1 Å². The van der Waals surface area contributed by atoms with Crippen LogP contribution in [-0.4, -0.2) is 28.7 Å². The topological polar surface area (TPSA) is 56.1 Å². The highest BCUT2D eigenvalue weighted by molar-refractivity contribution is 5.78. The van der Waals surface area contributed by atoms with Gasteiger partial charge in [0.15, 0.2) is 0 Å². The molecule has 1 unspecified atom stereocenters. The molecule has 1 N–H and O–H groups in total. The molecule has 21 heavy (non-hydrogen) atoms. The van der Waals surface area contributed by atoms with E-state index in [0.717, 1.165) is 23.4 Å². The summed E-state index contributed by atoms with van der Waals surface area (Å²) >= 11 is 0. The van der Waals surface area contributed by atoms with Gasteiger partial charge in [0.2, 0.25) is 5.91 Å². The van der Waals surface area contributed by atoms with Crippen LogP contribution in [-0.2, 0) is 16.1 Å². The highest BCUT2D eigenvalue weighted by Crippen LogP contribution is 2.20. The molecule has 2 rings (SSSR count). The number of nitrogens with one attached hydrogen (secondary N) is 1. The number of carbonyl (C=O) groups excluding carboxylic acids is 1. The second-order valence-corrected chi connectivity index (χ2v) is 4.94. The van der Waals surface area contributed by atoms with E-state index in [1.54, 1.807) is 0 Å². The number of benzene rings is 1. The maximum atomic E-state index is 11.9. The maximum Gasteiger partial charge on any atom is 0.222 e. The molecule has 1 aromatic heterocycles. The van der Waals surface area contributed by atoms with Crippen LogP contribution in [0.2, 0.25) is 0 Å². The summed E-state index contributed by atoms with van der Waals surface area (Å²) in [6, 6.07) is 7.91. The molecule has 114 valence electrons. The molecule has 0 fully saturated rings. The number of nitrogens with zero attached hydrogens (tertiary/aromatic N) is 2. The summed E-state index contributed by atoms with van der Waals surface area (Å²) in [7, 11) is 0. The number of hydrogen-bond donors (Lipinski definition) is 1. The van der Waals surface area contributed by atoms with Crippen LogP contribution in [0.15, 0.2) is 24.3 Å². The number of para-hydroxylation sites is 2. The number of amides is 1. The molecular formula is C16H23N3O2. The molecular weight excluding hydrogens is 266 g/mol. The quantitative estimate of drug-likeness (QED) is 0.797. The number of carbonyl (C=O) groups is 1. The highest BCUT2D eigenvalue weighted by Gasteiger charge is 2.17. The molecule has 0 aliphatic rings. The molecule has 0 saturated carbocycles. The van der Waals surface area contributed by atoms with E-state index in [4.69, 9.17) is 4.74 Å². The first-order valence-electron chi connectivity index (χ1n) is 7.49. The van der Waals surface area contributed by atoms with Gasteiger partial charge in [-0.25, -0.2) is 4.98 Å². The molecule has 0 radical (unpaired) electrons. The summed E-state index contributed by atoms with van der Waals surface area (Å²) in [5, 5.41) is 2.99. The van der Waals surface area contributed by atoms with Crippen LogP contribution in [0.1, 0.15) is 39.1 Å². The molecule has 1 heterocycles. The van der Waals surface area contributed by atoms with Gasteiger partial charge in [-0.3, -0.25) is 4.79 Å².